The van der Waals surface area contributed by atoms with Gasteiger partial charge in [0.05, 0.1) is 20.3 Å². The lowest BCUT2D eigenvalue weighted by molar-refractivity contribution is -0.233. The van der Waals surface area contributed by atoms with Crippen LogP contribution in [0.1, 0.15) is 12.0 Å². The zero-order valence-corrected chi connectivity index (χ0v) is 24.8. The number of carbonyl (C=O) groups excluding carboxylic acids is 1. The van der Waals surface area contributed by atoms with Crippen LogP contribution in [0.4, 0.5) is 0 Å². The minimum absolute atomic E-state index is 0.166. The lowest BCUT2D eigenvalue weighted by atomic mass is 9.89. The molecular weight excluding hydrogens is 612 g/mol. The molecule has 252 valence electrons. The SMILES string of the molecule is COc1cc(CCCOC[C@H]2O[C@@H](C(=O)[C@H](O)[C@@H](O)[C@H](O)[C@H](O)CO)[C@H](O)[C@@H](O)[C@@H]2O)cc2cc(-c3ccc4c(c3)OCO4)oc12. The minimum atomic E-state index is -2.35. The summed E-state index contributed by atoms with van der Waals surface area (Å²) in [6.45, 7) is -0.896. The number of aryl methyl sites for hydroxylation is 1. The van der Waals surface area contributed by atoms with Crippen LogP contribution in [0.25, 0.3) is 22.3 Å². The van der Waals surface area contributed by atoms with E-state index in [1.807, 2.05) is 36.4 Å². The normalized spacial score (nSPS) is 25.3. The smallest absolute Gasteiger partial charge is 0.231 e. The van der Waals surface area contributed by atoms with Crippen molar-refractivity contribution in [3.05, 3.63) is 42.0 Å². The number of hydrogen-bond donors (Lipinski definition) is 8. The van der Waals surface area contributed by atoms with Crippen LogP contribution < -0.4 is 14.2 Å². The minimum Gasteiger partial charge on any atom is -0.493 e. The number of methoxy groups -OCH3 is 1. The Kier molecular flexibility index (Phi) is 10.8. The van der Waals surface area contributed by atoms with Crippen LogP contribution in [-0.2, 0) is 20.7 Å². The molecule has 0 unspecified atom stereocenters. The van der Waals surface area contributed by atoms with E-state index in [0.717, 1.165) is 16.5 Å². The van der Waals surface area contributed by atoms with Crippen molar-refractivity contribution in [2.45, 2.75) is 67.8 Å². The summed E-state index contributed by atoms with van der Waals surface area (Å²) in [5, 5.41) is 80.3. The van der Waals surface area contributed by atoms with Gasteiger partial charge < -0.3 is 69.0 Å². The fourth-order valence-electron chi connectivity index (χ4n) is 5.43. The number of hydrogen-bond acceptors (Lipinski definition) is 15. The van der Waals surface area contributed by atoms with E-state index in [-0.39, 0.29) is 20.0 Å². The monoisotopic (exact) mass is 650 g/mol. The van der Waals surface area contributed by atoms with E-state index < -0.39 is 67.3 Å². The number of furan rings is 1. The van der Waals surface area contributed by atoms with E-state index in [1.165, 1.54) is 0 Å². The standard InChI is InChI=1S/C31H38O15/c1-41-21-8-14(7-16-10-19(45-30(16)21)15-4-5-18-20(9-15)44-13-43-18)3-2-6-42-12-22-24(35)26(37)28(39)31(46-22)29(40)27(38)25(36)23(34)17(33)11-32/h4-5,7-10,17,22-28,31-39H,2-3,6,11-13H2,1H3/t17-,22-,23-,24-,25+,26+,27-,28-,31-/m1/s1. The Morgan fingerprint density at radius 1 is 0.957 bits per heavy atom. The van der Waals surface area contributed by atoms with Gasteiger partial charge in [-0.1, -0.05) is 0 Å². The van der Waals surface area contributed by atoms with Crippen molar-refractivity contribution in [2.75, 3.05) is 33.7 Å². The third-order valence-electron chi connectivity index (χ3n) is 8.09. The summed E-state index contributed by atoms with van der Waals surface area (Å²) in [4.78, 5) is 12.8. The first-order valence-electron chi connectivity index (χ1n) is 14.7. The zero-order valence-electron chi connectivity index (χ0n) is 24.8. The highest BCUT2D eigenvalue weighted by molar-refractivity contribution is 5.89. The molecule has 15 heteroatoms. The molecule has 1 fully saturated rings. The summed E-state index contributed by atoms with van der Waals surface area (Å²) in [7, 11) is 1.55. The van der Waals surface area contributed by atoms with Gasteiger partial charge in [-0.05, 0) is 54.8 Å². The summed E-state index contributed by atoms with van der Waals surface area (Å²) in [6.07, 6.45) is -16.1. The lowest BCUT2D eigenvalue weighted by Crippen LogP contribution is -2.63. The van der Waals surface area contributed by atoms with Gasteiger partial charge >= 0.3 is 0 Å². The molecule has 46 heavy (non-hydrogen) atoms. The molecule has 8 N–H and O–H groups in total. The Labute approximate surface area is 262 Å². The van der Waals surface area contributed by atoms with Crippen LogP contribution in [0.2, 0.25) is 0 Å². The van der Waals surface area contributed by atoms with Crippen molar-refractivity contribution >= 4 is 16.8 Å². The van der Waals surface area contributed by atoms with Crippen molar-refractivity contribution in [3.63, 3.8) is 0 Å². The highest BCUT2D eigenvalue weighted by Gasteiger charge is 2.49. The molecule has 0 amide bonds. The maximum Gasteiger partial charge on any atom is 0.231 e. The largest absolute Gasteiger partial charge is 0.493 e. The van der Waals surface area contributed by atoms with E-state index in [4.69, 9.17) is 33.2 Å². The van der Waals surface area contributed by atoms with Gasteiger partial charge in [0.1, 0.15) is 60.7 Å². The number of Topliss-reactive ketones (excluding diaryl/α,β-unsaturated/α-hetero) is 1. The number of aliphatic hydroxyl groups excluding tert-OH is 8. The molecule has 1 saturated heterocycles. The van der Waals surface area contributed by atoms with Crippen LogP contribution >= 0.6 is 0 Å². The predicted molar refractivity (Wildman–Crippen MR) is 156 cm³/mol. The molecule has 2 aliphatic heterocycles. The van der Waals surface area contributed by atoms with Crippen molar-refractivity contribution in [1.82, 2.24) is 0 Å². The molecule has 2 aromatic carbocycles. The van der Waals surface area contributed by atoms with Crippen LogP contribution in [0.15, 0.2) is 40.8 Å². The fraction of sp³-hybridized carbons (Fsp3) is 0.516. The van der Waals surface area contributed by atoms with E-state index in [1.54, 1.807) is 7.11 Å². The molecule has 15 nitrogen and oxygen atoms in total. The summed E-state index contributed by atoms with van der Waals surface area (Å²) < 4.78 is 33.6. The number of aliphatic hydroxyl groups is 8. The van der Waals surface area contributed by atoms with E-state index in [2.05, 4.69) is 0 Å². The average Bonchev–Trinajstić information content (AvgIpc) is 3.72. The van der Waals surface area contributed by atoms with Crippen LogP contribution in [-0.4, -0.2) is 135 Å². The first-order valence-corrected chi connectivity index (χ1v) is 14.7. The number of ether oxygens (including phenoxy) is 5. The zero-order chi connectivity index (χ0) is 33.1. The van der Waals surface area contributed by atoms with Crippen LogP contribution in [0.3, 0.4) is 0 Å². The molecule has 2 aliphatic rings. The van der Waals surface area contributed by atoms with Gasteiger partial charge in [0.2, 0.25) is 6.79 Å². The Morgan fingerprint density at radius 2 is 1.72 bits per heavy atom. The number of carbonyl (C=O) groups is 1. The van der Waals surface area contributed by atoms with Crippen LogP contribution in [0, 0.1) is 0 Å². The maximum atomic E-state index is 12.8. The van der Waals surface area contributed by atoms with Crippen LogP contribution in [0.5, 0.6) is 17.2 Å². The van der Waals surface area contributed by atoms with Gasteiger partial charge in [-0.3, -0.25) is 4.79 Å². The average molecular weight is 651 g/mol. The Morgan fingerprint density at radius 3 is 2.46 bits per heavy atom. The van der Waals surface area contributed by atoms with E-state index >= 15 is 0 Å². The summed E-state index contributed by atoms with van der Waals surface area (Å²) in [5.74, 6) is 1.16. The van der Waals surface area contributed by atoms with Crippen molar-refractivity contribution in [3.8, 4) is 28.6 Å². The molecule has 0 radical (unpaired) electrons. The first-order chi connectivity index (χ1) is 22.0. The number of benzene rings is 2. The van der Waals surface area contributed by atoms with Gasteiger partial charge in [-0.15, -0.1) is 0 Å². The van der Waals surface area contributed by atoms with Crippen molar-refractivity contribution in [2.24, 2.45) is 0 Å². The van der Waals surface area contributed by atoms with Gasteiger partial charge in [0.25, 0.3) is 0 Å². The summed E-state index contributed by atoms with van der Waals surface area (Å²) in [6, 6.07) is 11.3. The number of fused-ring (bicyclic) bond motifs is 2. The summed E-state index contributed by atoms with van der Waals surface area (Å²) in [5.41, 5.74) is 2.33. The van der Waals surface area contributed by atoms with Gasteiger partial charge in [-0.25, -0.2) is 0 Å². The molecule has 9 atom stereocenters. The highest BCUT2D eigenvalue weighted by atomic mass is 16.7. The third kappa shape index (κ3) is 6.99. The van der Waals surface area contributed by atoms with E-state index in [9.17, 15) is 40.5 Å². The maximum absolute atomic E-state index is 12.8. The molecule has 5 rings (SSSR count). The Bertz CT molecular complexity index is 1490. The predicted octanol–water partition coefficient (Wildman–Crippen LogP) is -1.36. The second-order valence-electron chi connectivity index (χ2n) is 11.2. The quantitative estimate of drug-likeness (QED) is 0.0941. The third-order valence-corrected chi connectivity index (χ3v) is 8.09. The first kappa shape index (κ1) is 34.0. The topological polar surface area (TPSA) is 238 Å². The molecule has 0 spiro atoms. The second kappa shape index (κ2) is 14.6. The molecule has 0 bridgehead atoms. The van der Waals surface area contributed by atoms with Gasteiger partial charge in [-0.2, -0.15) is 0 Å². The lowest BCUT2D eigenvalue weighted by Gasteiger charge is -2.40. The van der Waals surface area contributed by atoms with Gasteiger partial charge in [0.15, 0.2) is 28.6 Å². The fourth-order valence-corrected chi connectivity index (χ4v) is 5.43. The Balaban J connectivity index is 1.17. The Hall–Kier alpha value is -3.35. The molecule has 0 saturated carbocycles. The molecular formula is C31H38O15. The second-order valence-corrected chi connectivity index (χ2v) is 11.2. The molecule has 1 aromatic heterocycles. The number of ketones is 1. The van der Waals surface area contributed by atoms with Gasteiger partial charge in [0, 0.05) is 17.6 Å². The molecule has 3 aromatic rings. The van der Waals surface area contributed by atoms with E-state index in [0.29, 0.717) is 41.4 Å². The molecule has 3 heterocycles. The summed E-state index contributed by atoms with van der Waals surface area (Å²) >= 11 is 0. The highest BCUT2D eigenvalue weighted by Crippen LogP contribution is 2.39. The number of rotatable bonds is 14. The molecule has 0 aliphatic carbocycles. The van der Waals surface area contributed by atoms with Crippen molar-refractivity contribution in [1.29, 1.82) is 0 Å². The van der Waals surface area contributed by atoms with Crippen molar-refractivity contribution < 1.29 is 73.7 Å².